The summed E-state index contributed by atoms with van der Waals surface area (Å²) in [5.74, 6) is 0. The smallest absolute Gasteiger partial charge is 0.0672 e. The van der Waals surface area contributed by atoms with Crippen molar-refractivity contribution in [3.8, 4) is 0 Å². The van der Waals surface area contributed by atoms with Gasteiger partial charge >= 0.3 is 0 Å². The summed E-state index contributed by atoms with van der Waals surface area (Å²) < 4.78 is 5.70. The van der Waals surface area contributed by atoms with Gasteiger partial charge in [-0.25, -0.2) is 0 Å². The van der Waals surface area contributed by atoms with Crippen molar-refractivity contribution in [1.82, 2.24) is 5.32 Å². The zero-order chi connectivity index (χ0) is 11.0. The highest BCUT2D eigenvalue weighted by atomic mass is 16.5. The van der Waals surface area contributed by atoms with Crippen molar-refractivity contribution in [3.05, 3.63) is 34.9 Å². The van der Waals surface area contributed by atoms with Crippen LogP contribution < -0.4 is 5.32 Å². The highest BCUT2D eigenvalue weighted by Crippen LogP contribution is 2.26. The lowest BCUT2D eigenvalue weighted by Gasteiger charge is -2.29. The van der Waals surface area contributed by atoms with Gasteiger partial charge in [0, 0.05) is 6.54 Å². The molecule has 1 fully saturated rings. The third-order valence-electron chi connectivity index (χ3n) is 3.72. The van der Waals surface area contributed by atoms with Crippen LogP contribution in [-0.2, 0) is 17.6 Å². The van der Waals surface area contributed by atoms with Crippen molar-refractivity contribution < 1.29 is 4.74 Å². The lowest BCUT2D eigenvalue weighted by Crippen LogP contribution is -2.39. The molecule has 2 unspecified atom stereocenters. The number of fused-ring (bicyclic) bond motifs is 1. The molecule has 1 heterocycles. The van der Waals surface area contributed by atoms with E-state index in [2.05, 4.69) is 30.4 Å². The number of aryl methyl sites for hydroxylation is 2. The summed E-state index contributed by atoms with van der Waals surface area (Å²) in [6.45, 7) is 3.88. The summed E-state index contributed by atoms with van der Waals surface area (Å²) in [6, 6.07) is 7.33. The minimum absolute atomic E-state index is 0.352. The van der Waals surface area contributed by atoms with Gasteiger partial charge in [0.2, 0.25) is 0 Å². The van der Waals surface area contributed by atoms with Gasteiger partial charge in [-0.2, -0.15) is 0 Å². The lowest BCUT2D eigenvalue weighted by molar-refractivity contribution is 0.0149. The first kappa shape index (κ1) is 10.3. The molecule has 2 aliphatic rings. The van der Waals surface area contributed by atoms with E-state index in [0.717, 1.165) is 13.2 Å². The van der Waals surface area contributed by atoms with Crippen molar-refractivity contribution in [3.63, 3.8) is 0 Å². The van der Waals surface area contributed by atoms with Gasteiger partial charge in [-0.1, -0.05) is 18.2 Å². The van der Waals surface area contributed by atoms with E-state index in [1.54, 1.807) is 11.1 Å². The first-order chi connectivity index (χ1) is 7.83. The molecule has 1 aromatic rings. The van der Waals surface area contributed by atoms with Crippen molar-refractivity contribution in [1.29, 1.82) is 0 Å². The molecule has 0 aromatic heterocycles. The van der Waals surface area contributed by atoms with Crippen molar-refractivity contribution in [2.45, 2.75) is 38.3 Å². The molecule has 16 heavy (non-hydrogen) atoms. The lowest BCUT2D eigenvalue weighted by atomic mass is 10.0. The number of benzene rings is 1. The second-order valence-corrected chi connectivity index (χ2v) is 4.99. The normalized spacial score (nSPS) is 29.1. The van der Waals surface area contributed by atoms with Crippen LogP contribution in [0.15, 0.2) is 18.2 Å². The van der Waals surface area contributed by atoms with Crippen molar-refractivity contribution in [2.75, 3.05) is 13.2 Å². The van der Waals surface area contributed by atoms with E-state index in [4.69, 9.17) is 4.74 Å². The van der Waals surface area contributed by atoms with E-state index in [1.165, 1.54) is 24.8 Å². The fourth-order valence-corrected chi connectivity index (χ4v) is 2.71. The maximum Gasteiger partial charge on any atom is 0.0672 e. The van der Waals surface area contributed by atoms with E-state index in [-0.39, 0.29) is 0 Å². The van der Waals surface area contributed by atoms with Crippen LogP contribution in [0.1, 0.15) is 36.1 Å². The molecule has 3 rings (SSSR count). The summed E-state index contributed by atoms with van der Waals surface area (Å²) in [5.41, 5.74) is 4.50. The van der Waals surface area contributed by atoms with Crippen LogP contribution in [0.2, 0.25) is 0 Å². The molecule has 0 bridgehead atoms. The molecular weight excluding hydrogens is 198 g/mol. The Morgan fingerprint density at radius 2 is 2.12 bits per heavy atom. The molecule has 2 heteroatoms. The van der Waals surface area contributed by atoms with Crippen LogP contribution >= 0.6 is 0 Å². The van der Waals surface area contributed by atoms with E-state index < -0.39 is 0 Å². The zero-order valence-corrected chi connectivity index (χ0v) is 9.83. The molecule has 86 valence electrons. The standard InChI is InChI=1S/C14H19NO/c1-10-8-15-14(9-16-10)13-6-5-11-3-2-4-12(11)7-13/h5-7,10,14-15H,2-4,8-9H2,1H3. The Morgan fingerprint density at radius 3 is 2.94 bits per heavy atom. The van der Waals surface area contributed by atoms with Gasteiger partial charge in [0.05, 0.1) is 18.8 Å². The van der Waals surface area contributed by atoms with Crippen LogP contribution in [0.3, 0.4) is 0 Å². The number of ether oxygens (including phenoxy) is 1. The highest BCUT2D eigenvalue weighted by Gasteiger charge is 2.20. The second kappa shape index (κ2) is 4.19. The van der Waals surface area contributed by atoms with Crippen LogP contribution in [0.4, 0.5) is 0 Å². The average Bonchev–Trinajstić information content (AvgIpc) is 2.77. The van der Waals surface area contributed by atoms with Gasteiger partial charge in [-0.15, -0.1) is 0 Å². The predicted molar refractivity (Wildman–Crippen MR) is 64.6 cm³/mol. The van der Waals surface area contributed by atoms with Gasteiger partial charge in [-0.05, 0) is 42.9 Å². The monoisotopic (exact) mass is 217 g/mol. The molecule has 0 saturated carbocycles. The molecule has 0 amide bonds. The molecule has 1 N–H and O–H groups in total. The third kappa shape index (κ3) is 1.87. The van der Waals surface area contributed by atoms with Crippen LogP contribution in [0.25, 0.3) is 0 Å². The van der Waals surface area contributed by atoms with Crippen LogP contribution in [0, 0.1) is 0 Å². The molecule has 1 aromatic carbocycles. The zero-order valence-electron chi connectivity index (χ0n) is 9.83. The first-order valence-corrected chi connectivity index (χ1v) is 6.29. The summed E-state index contributed by atoms with van der Waals surface area (Å²) in [7, 11) is 0. The van der Waals surface area contributed by atoms with Gasteiger partial charge < -0.3 is 10.1 Å². The second-order valence-electron chi connectivity index (χ2n) is 4.99. The van der Waals surface area contributed by atoms with Gasteiger partial charge in [-0.3, -0.25) is 0 Å². The van der Waals surface area contributed by atoms with E-state index in [0.29, 0.717) is 12.1 Å². The Balaban J connectivity index is 1.79. The Morgan fingerprint density at radius 1 is 1.25 bits per heavy atom. The van der Waals surface area contributed by atoms with E-state index in [9.17, 15) is 0 Å². The number of hydrogen-bond donors (Lipinski definition) is 1. The SMILES string of the molecule is CC1CNC(c2ccc3c(c2)CCC3)CO1. The van der Waals surface area contributed by atoms with Crippen molar-refractivity contribution in [2.24, 2.45) is 0 Å². The summed E-state index contributed by atoms with van der Waals surface area (Å²) in [6.07, 6.45) is 4.20. The fraction of sp³-hybridized carbons (Fsp3) is 0.571. The minimum atomic E-state index is 0.352. The summed E-state index contributed by atoms with van der Waals surface area (Å²) in [5, 5.41) is 3.55. The largest absolute Gasteiger partial charge is 0.375 e. The molecule has 1 saturated heterocycles. The Hall–Kier alpha value is -0.860. The molecule has 2 nitrogen and oxygen atoms in total. The molecule has 2 atom stereocenters. The maximum absolute atomic E-state index is 5.70. The Kier molecular flexibility index (Phi) is 2.70. The molecule has 1 aliphatic carbocycles. The maximum atomic E-state index is 5.70. The quantitative estimate of drug-likeness (QED) is 0.779. The molecular formula is C14H19NO. The number of nitrogens with one attached hydrogen (secondary N) is 1. The Labute approximate surface area is 97.0 Å². The highest BCUT2D eigenvalue weighted by molar-refractivity contribution is 5.36. The summed E-state index contributed by atoms with van der Waals surface area (Å²) >= 11 is 0. The molecule has 0 spiro atoms. The van der Waals surface area contributed by atoms with Crippen molar-refractivity contribution >= 4 is 0 Å². The molecule has 0 radical (unpaired) electrons. The van der Waals surface area contributed by atoms with E-state index >= 15 is 0 Å². The van der Waals surface area contributed by atoms with E-state index in [1.807, 2.05) is 0 Å². The number of hydrogen-bond acceptors (Lipinski definition) is 2. The average molecular weight is 217 g/mol. The van der Waals surface area contributed by atoms with Gasteiger partial charge in [0.25, 0.3) is 0 Å². The third-order valence-corrected chi connectivity index (χ3v) is 3.72. The van der Waals surface area contributed by atoms with Crippen LogP contribution in [-0.4, -0.2) is 19.3 Å². The van der Waals surface area contributed by atoms with Crippen LogP contribution in [0.5, 0.6) is 0 Å². The Bertz CT molecular complexity index is 380. The molecule has 1 aliphatic heterocycles. The van der Waals surface area contributed by atoms with Gasteiger partial charge in [0.15, 0.2) is 0 Å². The first-order valence-electron chi connectivity index (χ1n) is 6.29. The number of morpholine rings is 1. The predicted octanol–water partition coefficient (Wildman–Crippen LogP) is 2.22. The topological polar surface area (TPSA) is 21.3 Å². The minimum Gasteiger partial charge on any atom is -0.375 e. The fourth-order valence-electron chi connectivity index (χ4n) is 2.71. The summed E-state index contributed by atoms with van der Waals surface area (Å²) in [4.78, 5) is 0. The number of rotatable bonds is 1. The van der Waals surface area contributed by atoms with Gasteiger partial charge in [0.1, 0.15) is 0 Å².